The summed E-state index contributed by atoms with van der Waals surface area (Å²) in [4.78, 5) is 21.5. The van der Waals surface area contributed by atoms with Crippen molar-refractivity contribution in [2.24, 2.45) is 0 Å². The summed E-state index contributed by atoms with van der Waals surface area (Å²) < 4.78 is 16.2. The van der Waals surface area contributed by atoms with Gasteiger partial charge < -0.3 is 4.90 Å². The zero-order valence-electron chi connectivity index (χ0n) is 19.1. The van der Waals surface area contributed by atoms with Crippen molar-refractivity contribution in [1.29, 1.82) is 0 Å². The van der Waals surface area contributed by atoms with E-state index in [9.17, 15) is 9.18 Å². The standard InChI is InChI=1S/C27H28FN3OS2/c1-19-30(17-16-20-10-4-2-5-11-20)25-24(34-19)26(32)31(22-13-6-3-7-14-22)27(29-25)33-18-21-12-8-9-15-23(21)28/h2,4-5,8-12,15,22H,1,3,6-7,13-14,16-18H2. The zero-order chi connectivity index (χ0) is 23.5. The van der Waals surface area contributed by atoms with Crippen molar-refractivity contribution in [3.8, 4) is 0 Å². The fourth-order valence-corrected chi connectivity index (χ4v) is 6.68. The third kappa shape index (κ3) is 4.82. The van der Waals surface area contributed by atoms with Gasteiger partial charge in [0.15, 0.2) is 11.0 Å². The maximum absolute atomic E-state index is 14.3. The first-order valence-electron chi connectivity index (χ1n) is 11.8. The first-order chi connectivity index (χ1) is 16.6. The molecule has 34 heavy (non-hydrogen) atoms. The molecule has 1 fully saturated rings. The van der Waals surface area contributed by atoms with E-state index in [1.807, 2.05) is 28.8 Å². The largest absolute Gasteiger partial charge is 0.320 e. The SMILES string of the molecule is C=C1Sc2c(nc(SCc3ccccc3F)n(C3CCCCC3)c2=O)N1CCc1ccccc1. The molecule has 176 valence electrons. The van der Waals surface area contributed by atoms with Crippen LogP contribution in [0, 0.1) is 5.82 Å². The molecule has 4 nitrogen and oxygen atoms in total. The summed E-state index contributed by atoms with van der Waals surface area (Å²) in [5.74, 6) is 0.901. The molecule has 1 aromatic heterocycles. The molecular weight excluding hydrogens is 465 g/mol. The summed E-state index contributed by atoms with van der Waals surface area (Å²) in [5.41, 5.74) is 1.87. The van der Waals surface area contributed by atoms with Crippen LogP contribution in [0.3, 0.4) is 0 Å². The quantitative estimate of drug-likeness (QED) is 0.267. The van der Waals surface area contributed by atoms with Gasteiger partial charge in [-0.3, -0.25) is 9.36 Å². The number of benzene rings is 2. The Morgan fingerprint density at radius 1 is 1.06 bits per heavy atom. The highest BCUT2D eigenvalue weighted by atomic mass is 32.2. The van der Waals surface area contributed by atoms with Gasteiger partial charge in [-0.1, -0.05) is 97.9 Å². The number of aromatic nitrogens is 2. The highest BCUT2D eigenvalue weighted by Crippen LogP contribution is 2.44. The summed E-state index contributed by atoms with van der Waals surface area (Å²) >= 11 is 2.88. The fraction of sp³-hybridized carbons (Fsp3) is 0.333. The molecule has 5 rings (SSSR count). The molecule has 2 heterocycles. The molecule has 3 aromatic rings. The van der Waals surface area contributed by atoms with Gasteiger partial charge in [-0.05, 0) is 36.5 Å². The first-order valence-corrected chi connectivity index (χ1v) is 13.6. The minimum atomic E-state index is -0.226. The molecule has 0 unspecified atom stereocenters. The Hall–Kier alpha value is -2.51. The van der Waals surface area contributed by atoms with E-state index in [-0.39, 0.29) is 17.4 Å². The van der Waals surface area contributed by atoms with E-state index in [2.05, 4.69) is 23.6 Å². The van der Waals surface area contributed by atoms with Gasteiger partial charge in [0, 0.05) is 18.3 Å². The Bertz CT molecular complexity index is 1240. The third-order valence-corrected chi connectivity index (χ3v) is 8.54. The predicted molar refractivity (Wildman–Crippen MR) is 139 cm³/mol. The molecule has 0 N–H and O–H groups in total. The number of rotatable bonds is 7. The van der Waals surface area contributed by atoms with Crippen LogP contribution in [0.15, 0.2) is 81.1 Å². The van der Waals surface area contributed by atoms with Gasteiger partial charge in [-0.25, -0.2) is 9.37 Å². The van der Waals surface area contributed by atoms with Gasteiger partial charge in [0.2, 0.25) is 0 Å². The fourth-order valence-electron chi connectivity index (χ4n) is 4.69. The molecule has 0 amide bonds. The van der Waals surface area contributed by atoms with Crippen LogP contribution in [-0.2, 0) is 12.2 Å². The summed E-state index contributed by atoms with van der Waals surface area (Å²) in [6.45, 7) is 4.93. The maximum Gasteiger partial charge on any atom is 0.270 e. The van der Waals surface area contributed by atoms with Gasteiger partial charge in [0.05, 0.1) is 5.03 Å². The smallest absolute Gasteiger partial charge is 0.270 e. The molecule has 1 aliphatic heterocycles. The summed E-state index contributed by atoms with van der Waals surface area (Å²) in [6.07, 6.45) is 6.25. The Labute approximate surface area is 208 Å². The summed E-state index contributed by atoms with van der Waals surface area (Å²) in [6, 6.07) is 17.3. The van der Waals surface area contributed by atoms with Gasteiger partial charge in [-0.2, -0.15) is 0 Å². The Morgan fingerprint density at radius 3 is 2.56 bits per heavy atom. The van der Waals surface area contributed by atoms with Crippen molar-refractivity contribution < 1.29 is 4.39 Å². The molecule has 0 atom stereocenters. The van der Waals surface area contributed by atoms with Crippen LogP contribution in [0.5, 0.6) is 0 Å². The van der Waals surface area contributed by atoms with Crippen molar-refractivity contribution in [2.75, 3.05) is 11.4 Å². The maximum atomic E-state index is 14.3. The van der Waals surface area contributed by atoms with Gasteiger partial charge in [-0.15, -0.1) is 0 Å². The molecule has 1 saturated carbocycles. The molecule has 1 aliphatic carbocycles. The lowest BCUT2D eigenvalue weighted by Crippen LogP contribution is -2.31. The van der Waals surface area contributed by atoms with E-state index in [4.69, 9.17) is 4.98 Å². The van der Waals surface area contributed by atoms with Crippen molar-refractivity contribution in [3.63, 3.8) is 0 Å². The Balaban J connectivity index is 1.49. The van der Waals surface area contributed by atoms with Crippen molar-refractivity contribution in [1.82, 2.24) is 9.55 Å². The number of fused-ring (bicyclic) bond motifs is 1. The van der Waals surface area contributed by atoms with Crippen LogP contribution in [0.4, 0.5) is 10.2 Å². The van der Waals surface area contributed by atoms with Gasteiger partial charge >= 0.3 is 0 Å². The van der Waals surface area contributed by atoms with E-state index >= 15 is 0 Å². The molecule has 7 heteroatoms. The molecule has 0 spiro atoms. The molecule has 2 aromatic carbocycles. The Morgan fingerprint density at radius 2 is 1.79 bits per heavy atom. The van der Waals surface area contributed by atoms with E-state index in [0.717, 1.165) is 37.1 Å². The number of hydrogen-bond donors (Lipinski definition) is 0. The lowest BCUT2D eigenvalue weighted by molar-refractivity contribution is 0.321. The average Bonchev–Trinajstić information content (AvgIpc) is 3.18. The molecule has 0 saturated heterocycles. The molecule has 0 bridgehead atoms. The van der Waals surface area contributed by atoms with Crippen LogP contribution >= 0.6 is 23.5 Å². The summed E-state index contributed by atoms with van der Waals surface area (Å²) in [5, 5.41) is 1.51. The minimum Gasteiger partial charge on any atom is -0.320 e. The number of hydrogen-bond acceptors (Lipinski definition) is 5. The van der Waals surface area contributed by atoms with Crippen LogP contribution in [-0.4, -0.2) is 16.1 Å². The van der Waals surface area contributed by atoms with Crippen molar-refractivity contribution >= 4 is 29.3 Å². The van der Waals surface area contributed by atoms with Gasteiger partial charge in [0.1, 0.15) is 10.7 Å². The monoisotopic (exact) mass is 493 g/mol. The molecule has 0 radical (unpaired) electrons. The van der Waals surface area contributed by atoms with Crippen LogP contribution < -0.4 is 10.5 Å². The number of anilines is 1. The highest BCUT2D eigenvalue weighted by molar-refractivity contribution is 8.03. The van der Waals surface area contributed by atoms with Crippen LogP contribution in [0.1, 0.15) is 49.3 Å². The second-order valence-corrected chi connectivity index (χ2v) is 10.8. The van der Waals surface area contributed by atoms with Gasteiger partial charge in [0.25, 0.3) is 5.56 Å². The number of halogens is 1. The third-order valence-electron chi connectivity index (χ3n) is 6.52. The van der Waals surface area contributed by atoms with Crippen LogP contribution in [0.25, 0.3) is 0 Å². The van der Waals surface area contributed by atoms with Crippen molar-refractivity contribution in [3.05, 3.63) is 93.5 Å². The van der Waals surface area contributed by atoms with E-state index in [0.29, 0.717) is 33.7 Å². The topological polar surface area (TPSA) is 38.1 Å². The first kappa shape index (κ1) is 23.2. The summed E-state index contributed by atoms with van der Waals surface area (Å²) in [7, 11) is 0. The second kappa shape index (κ2) is 10.4. The zero-order valence-corrected chi connectivity index (χ0v) is 20.7. The highest BCUT2D eigenvalue weighted by Gasteiger charge is 2.32. The molecular formula is C27H28FN3OS2. The van der Waals surface area contributed by atoms with E-state index in [1.54, 1.807) is 12.1 Å². The van der Waals surface area contributed by atoms with E-state index < -0.39 is 0 Å². The number of nitrogens with zero attached hydrogens (tertiary/aromatic N) is 3. The number of thioether (sulfide) groups is 2. The normalized spacial score (nSPS) is 16.1. The van der Waals surface area contributed by atoms with Crippen LogP contribution in [0.2, 0.25) is 0 Å². The van der Waals surface area contributed by atoms with E-state index in [1.165, 1.54) is 41.6 Å². The van der Waals surface area contributed by atoms with Crippen molar-refractivity contribution in [2.45, 2.75) is 60.4 Å². The predicted octanol–water partition coefficient (Wildman–Crippen LogP) is 6.81. The lowest BCUT2D eigenvalue weighted by atomic mass is 9.95. The average molecular weight is 494 g/mol. The second-order valence-electron chi connectivity index (χ2n) is 8.78. The molecule has 2 aliphatic rings. The Kier molecular flexibility index (Phi) is 7.11. The minimum absolute atomic E-state index is 0.0151. The lowest BCUT2D eigenvalue weighted by Gasteiger charge is -2.27.